The molecule has 116 valence electrons. The molecule has 1 aliphatic carbocycles. The van der Waals surface area contributed by atoms with Gasteiger partial charge in [-0.1, -0.05) is 0 Å². The predicted octanol–water partition coefficient (Wildman–Crippen LogP) is 2.83. The number of aliphatic hydroxyl groups is 1. The topological polar surface area (TPSA) is 77.0 Å². The van der Waals surface area contributed by atoms with Gasteiger partial charge in [0.25, 0.3) is 0 Å². The molecule has 3 aromatic rings. The number of nitrogens with two attached hydrogens (primary N) is 1. The molecule has 4 rings (SSSR count). The summed E-state index contributed by atoms with van der Waals surface area (Å²) in [5.41, 5.74) is 8.85. The highest BCUT2D eigenvalue weighted by Gasteiger charge is 2.26. The number of hydrogen-bond acceptors (Lipinski definition) is 5. The van der Waals surface area contributed by atoms with Gasteiger partial charge in [-0.3, -0.25) is 4.98 Å². The molecule has 0 bridgehead atoms. The molecule has 0 amide bonds. The average Bonchev–Trinajstić information content (AvgIpc) is 3.18. The van der Waals surface area contributed by atoms with Gasteiger partial charge < -0.3 is 15.4 Å². The Kier molecular flexibility index (Phi) is 3.60. The van der Waals surface area contributed by atoms with E-state index in [-0.39, 0.29) is 6.61 Å². The first kappa shape index (κ1) is 14.1. The maximum atomic E-state index is 9.75. The molecular formula is C16H20N4OS. The summed E-state index contributed by atoms with van der Waals surface area (Å²) in [6, 6.07) is 2.45. The first-order valence-corrected chi connectivity index (χ1v) is 8.73. The second-order valence-corrected chi connectivity index (χ2v) is 7.01. The molecule has 1 saturated carbocycles. The molecule has 0 radical (unpaired) electrons. The van der Waals surface area contributed by atoms with Gasteiger partial charge in [0.05, 0.1) is 21.9 Å². The number of fused-ring (bicyclic) bond motifs is 3. The second kappa shape index (κ2) is 5.61. The van der Waals surface area contributed by atoms with Crippen molar-refractivity contribution in [3.05, 3.63) is 23.5 Å². The molecule has 0 aliphatic heterocycles. The molecule has 22 heavy (non-hydrogen) atoms. The molecule has 1 aliphatic rings. The monoisotopic (exact) mass is 316 g/mol. The van der Waals surface area contributed by atoms with Crippen molar-refractivity contribution in [1.29, 1.82) is 0 Å². The Hall–Kier alpha value is -1.50. The predicted molar refractivity (Wildman–Crippen MR) is 88.9 cm³/mol. The summed E-state index contributed by atoms with van der Waals surface area (Å²) in [5, 5.41) is 11.8. The number of hydrogen-bond donors (Lipinski definition) is 2. The van der Waals surface area contributed by atoms with Crippen LogP contribution in [0.1, 0.15) is 37.5 Å². The van der Waals surface area contributed by atoms with Gasteiger partial charge in [-0.05, 0) is 49.6 Å². The number of imidazole rings is 1. The summed E-state index contributed by atoms with van der Waals surface area (Å²) in [4.78, 5) is 9.07. The molecule has 3 N–H and O–H groups in total. The van der Waals surface area contributed by atoms with Crippen LogP contribution in [0.3, 0.4) is 0 Å². The molecule has 0 atom stereocenters. The summed E-state index contributed by atoms with van der Waals surface area (Å²) < 4.78 is 3.44. The van der Waals surface area contributed by atoms with Gasteiger partial charge >= 0.3 is 0 Å². The van der Waals surface area contributed by atoms with Crippen molar-refractivity contribution in [2.75, 3.05) is 6.54 Å². The van der Waals surface area contributed by atoms with Crippen LogP contribution in [0.5, 0.6) is 0 Å². The molecule has 6 heteroatoms. The summed E-state index contributed by atoms with van der Waals surface area (Å²) in [6.07, 6.45) is 6.35. The van der Waals surface area contributed by atoms with Crippen molar-refractivity contribution in [2.45, 2.75) is 38.3 Å². The first-order chi connectivity index (χ1) is 10.8. The maximum absolute atomic E-state index is 9.75. The molecule has 0 unspecified atom stereocenters. The Labute approximate surface area is 132 Å². The van der Waals surface area contributed by atoms with Gasteiger partial charge in [0, 0.05) is 6.04 Å². The summed E-state index contributed by atoms with van der Waals surface area (Å²) in [5.74, 6) is 1.40. The van der Waals surface area contributed by atoms with Crippen molar-refractivity contribution in [3.8, 4) is 0 Å². The fourth-order valence-electron chi connectivity index (χ4n) is 3.67. The van der Waals surface area contributed by atoms with E-state index in [1.54, 1.807) is 11.3 Å². The minimum atomic E-state index is -0.0294. The maximum Gasteiger partial charge on any atom is 0.136 e. The highest BCUT2D eigenvalue weighted by molar-refractivity contribution is 7.18. The van der Waals surface area contributed by atoms with Crippen LogP contribution in [0.25, 0.3) is 21.3 Å². The van der Waals surface area contributed by atoms with Crippen LogP contribution in [0, 0.1) is 5.92 Å². The number of pyridine rings is 1. The molecule has 0 saturated heterocycles. The Morgan fingerprint density at radius 2 is 2.09 bits per heavy atom. The van der Waals surface area contributed by atoms with Gasteiger partial charge in [0.15, 0.2) is 0 Å². The Balaban J connectivity index is 1.86. The van der Waals surface area contributed by atoms with Crippen LogP contribution in [-0.4, -0.2) is 26.2 Å². The van der Waals surface area contributed by atoms with Crippen molar-refractivity contribution in [3.63, 3.8) is 0 Å². The summed E-state index contributed by atoms with van der Waals surface area (Å²) in [6.45, 7) is 0.752. The van der Waals surface area contributed by atoms with Gasteiger partial charge in [0.2, 0.25) is 0 Å². The summed E-state index contributed by atoms with van der Waals surface area (Å²) >= 11 is 1.70. The zero-order valence-corrected chi connectivity index (χ0v) is 13.2. The van der Waals surface area contributed by atoms with E-state index in [1.807, 2.05) is 12.3 Å². The molecule has 3 heterocycles. The van der Waals surface area contributed by atoms with Crippen LogP contribution in [0.4, 0.5) is 0 Å². The number of rotatable bonds is 3. The van der Waals surface area contributed by atoms with E-state index in [1.165, 1.54) is 4.70 Å². The SMILES string of the molecule is NCC1CCC(n2c(CO)nc3cnc4ccsc4c32)CC1. The van der Waals surface area contributed by atoms with Gasteiger partial charge in [-0.15, -0.1) is 11.3 Å². The molecule has 1 fully saturated rings. The standard InChI is InChI=1S/C16H20N4OS/c17-7-10-1-3-11(4-2-10)20-14(9-21)19-13-8-18-12-5-6-22-16(12)15(13)20/h5-6,8,10-11,21H,1-4,7,9,17H2. The van der Waals surface area contributed by atoms with Crippen molar-refractivity contribution in [2.24, 2.45) is 11.7 Å². The van der Waals surface area contributed by atoms with Crippen molar-refractivity contribution >= 4 is 32.6 Å². The quantitative estimate of drug-likeness (QED) is 0.779. The van der Waals surface area contributed by atoms with E-state index in [0.717, 1.165) is 54.6 Å². The molecule has 0 spiro atoms. The zero-order chi connectivity index (χ0) is 15.1. The van der Waals surface area contributed by atoms with E-state index < -0.39 is 0 Å². The van der Waals surface area contributed by atoms with Crippen LogP contribution in [0.2, 0.25) is 0 Å². The third kappa shape index (κ3) is 2.14. The second-order valence-electron chi connectivity index (χ2n) is 6.09. The number of aromatic nitrogens is 3. The number of nitrogens with zero attached hydrogens (tertiary/aromatic N) is 3. The number of thiophene rings is 1. The normalized spacial score (nSPS) is 22.6. The van der Waals surface area contributed by atoms with Crippen LogP contribution in [-0.2, 0) is 6.61 Å². The third-order valence-electron chi connectivity index (χ3n) is 4.85. The average molecular weight is 316 g/mol. The van der Waals surface area contributed by atoms with E-state index in [2.05, 4.69) is 19.9 Å². The lowest BCUT2D eigenvalue weighted by Gasteiger charge is -2.30. The van der Waals surface area contributed by atoms with Crippen LogP contribution in [0.15, 0.2) is 17.6 Å². The first-order valence-electron chi connectivity index (χ1n) is 7.85. The Morgan fingerprint density at radius 3 is 2.82 bits per heavy atom. The largest absolute Gasteiger partial charge is 0.388 e. The Bertz CT molecular complexity index is 801. The van der Waals surface area contributed by atoms with Crippen LogP contribution >= 0.6 is 11.3 Å². The minimum absolute atomic E-state index is 0.0294. The van der Waals surface area contributed by atoms with E-state index in [4.69, 9.17) is 5.73 Å². The lowest BCUT2D eigenvalue weighted by molar-refractivity contribution is 0.240. The van der Waals surface area contributed by atoms with E-state index in [9.17, 15) is 5.11 Å². The van der Waals surface area contributed by atoms with E-state index in [0.29, 0.717) is 12.0 Å². The van der Waals surface area contributed by atoms with Crippen molar-refractivity contribution in [1.82, 2.24) is 14.5 Å². The molecule has 0 aromatic carbocycles. The smallest absolute Gasteiger partial charge is 0.136 e. The van der Waals surface area contributed by atoms with Crippen LogP contribution < -0.4 is 5.73 Å². The highest BCUT2D eigenvalue weighted by Crippen LogP contribution is 2.37. The lowest BCUT2D eigenvalue weighted by atomic mass is 9.86. The third-order valence-corrected chi connectivity index (χ3v) is 5.76. The van der Waals surface area contributed by atoms with Crippen molar-refractivity contribution < 1.29 is 5.11 Å². The fourth-order valence-corrected chi connectivity index (χ4v) is 4.56. The number of aliphatic hydroxyl groups excluding tert-OH is 1. The van der Waals surface area contributed by atoms with Gasteiger partial charge in [0.1, 0.15) is 17.9 Å². The minimum Gasteiger partial charge on any atom is -0.388 e. The molecule has 5 nitrogen and oxygen atoms in total. The highest BCUT2D eigenvalue weighted by atomic mass is 32.1. The van der Waals surface area contributed by atoms with E-state index >= 15 is 0 Å². The van der Waals surface area contributed by atoms with Gasteiger partial charge in [-0.25, -0.2) is 4.98 Å². The lowest BCUT2D eigenvalue weighted by Crippen LogP contribution is -2.24. The zero-order valence-electron chi connectivity index (χ0n) is 12.4. The van der Waals surface area contributed by atoms with Gasteiger partial charge in [-0.2, -0.15) is 0 Å². The molecule has 3 aromatic heterocycles. The Morgan fingerprint density at radius 1 is 1.27 bits per heavy atom. The molecular weight excluding hydrogens is 296 g/mol. The summed E-state index contributed by atoms with van der Waals surface area (Å²) in [7, 11) is 0. The fraction of sp³-hybridized carbons (Fsp3) is 0.500.